The van der Waals surface area contributed by atoms with E-state index in [0.717, 1.165) is 24.0 Å². The van der Waals surface area contributed by atoms with E-state index in [1.807, 2.05) is 11.3 Å². The summed E-state index contributed by atoms with van der Waals surface area (Å²) in [5, 5.41) is 13.9. The molecule has 0 saturated heterocycles. The van der Waals surface area contributed by atoms with Crippen LogP contribution >= 0.6 is 11.3 Å². The zero-order valence-electron chi connectivity index (χ0n) is 29.4. The molecule has 0 amide bonds. The van der Waals surface area contributed by atoms with Gasteiger partial charge in [-0.25, -0.2) is 0 Å². The summed E-state index contributed by atoms with van der Waals surface area (Å²) in [4.78, 5) is 1.39. The molecule has 1 aliphatic carbocycles. The SMILES string of the molecule is C1=Cc2sc3c(c2CC1)c1ccccc1c1oc2ccc(-c4cccc(-c5c6ccccc6c(-c6cccc7ccccc67)c6ccccc56)c4)cc2c13. The normalized spacial score (nSPS) is 13.0. The second-order valence-corrected chi connectivity index (χ2v) is 15.7. The molecule has 0 aliphatic heterocycles. The van der Waals surface area contributed by atoms with Gasteiger partial charge in [-0.05, 0) is 114 Å². The summed E-state index contributed by atoms with van der Waals surface area (Å²) < 4.78 is 8.09. The second kappa shape index (κ2) is 11.5. The van der Waals surface area contributed by atoms with E-state index in [2.05, 4.69) is 170 Å². The largest absolute Gasteiger partial charge is 0.455 e. The molecule has 0 bridgehead atoms. The van der Waals surface area contributed by atoms with Gasteiger partial charge in [-0.1, -0.05) is 146 Å². The molecule has 0 saturated carbocycles. The number of fused-ring (bicyclic) bond motifs is 13. The van der Waals surface area contributed by atoms with Gasteiger partial charge in [-0.3, -0.25) is 0 Å². The monoisotopic (exact) mass is 704 g/mol. The van der Waals surface area contributed by atoms with Crippen LogP contribution in [0.2, 0.25) is 0 Å². The molecule has 2 aromatic heterocycles. The molecular formula is C52H32OS. The Labute approximate surface area is 316 Å². The van der Waals surface area contributed by atoms with E-state index in [0.29, 0.717) is 0 Å². The van der Waals surface area contributed by atoms with E-state index in [-0.39, 0.29) is 0 Å². The van der Waals surface area contributed by atoms with Crippen LogP contribution < -0.4 is 0 Å². The Bertz CT molecular complexity index is 3330. The Kier molecular flexibility index (Phi) is 6.40. The third kappa shape index (κ3) is 4.26. The number of thiophene rings is 1. The van der Waals surface area contributed by atoms with Gasteiger partial charge in [0, 0.05) is 31.1 Å². The minimum absolute atomic E-state index is 0.936. The van der Waals surface area contributed by atoms with Crippen molar-refractivity contribution >= 4 is 92.5 Å². The molecular weight excluding hydrogens is 673 g/mol. The van der Waals surface area contributed by atoms with Gasteiger partial charge in [0.25, 0.3) is 0 Å². The van der Waals surface area contributed by atoms with Gasteiger partial charge in [0.15, 0.2) is 0 Å². The average molecular weight is 705 g/mol. The number of furan rings is 1. The minimum Gasteiger partial charge on any atom is -0.455 e. The lowest BCUT2D eigenvalue weighted by Gasteiger charge is -2.19. The van der Waals surface area contributed by atoms with Crippen molar-refractivity contribution in [3.63, 3.8) is 0 Å². The van der Waals surface area contributed by atoms with Crippen LogP contribution in [0.15, 0.2) is 168 Å². The molecule has 11 aromatic rings. The Morgan fingerprint density at radius 2 is 1.09 bits per heavy atom. The van der Waals surface area contributed by atoms with Crippen LogP contribution in [0.5, 0.6) is 0 Å². The summed E-state index contributed by atoms with van der Waals surface area (Å²) in [6, 6.07) is 58.0. The van der Waals surface area contributed by atoms with E-state index >= 15 is 0 Å². The maximum atomic E-state index is 6.75. The highest BCUT2D eigenvalue weighted by Crippen LogP contribution is 2.49. The predicted molar refractivity (Wildman–Crippen MR) is 233 cm³/mol. The lowest BCUT2D eigenvalue weighted by molar-refractivity contribution is 0.673. The molecule has 54 heavy (non-hydrogen) atoms. The molecule has 0 unspecified atom stereocenters. The van der Waals surface area contributed by atoms with Gasteiger partial charge < -0.3 is 4.42 Å². The fourth-order valence-corrected chi connectivity index (χ4v) is 10.7. The van der Waals surface area contributed by atoms with Crippen molar-refractivity contribution in [1.82, 2.24) is 0 Å². The fraction of sp³-hybridized carbons (Fsp3) is 0.0385. The maximum Gasteiger partial charge on any atom is 0.144 e. The maximum absolute atomic E-state index is 6.75. The van der Waals surface area contributed by atoms with Crippen LogP contribution in [-0.4, -0.2) is 0 Å². The summed E-state index contributed by atoms with van der Waals surface area (Å²) in [6.45, 7) is 0. The summed E-state index contributed by atoms with van der Waals surface area (Å²) in [5.74, 6) is 0. The number of benzene rings is 9. The third-order valence-corrected chi connectivity index (χ3v) is 12.9. The van der Waals surface area contributed by atoms with Crippen LogP contribution in [0.1, 0.15) is 16.9 Å². The lowest BCUT2D eigenvalue weighted by atomic mass is 9.84. The Hall–Kier alpha value is -6.48. The summed E-state index contributed by atoms with van der Waals surface area (Å²) >= 11 is 1.92. The first-order valence-corrected chi connectivity index (χ1v) is 19.6. The van der Waals surface area contributed by atoms with E-state index in [9.17, 15) is 0 Å². The van der Waals surface area contributed by atoms with Crippen molar-refractivity contribution in [3.05, 3.63) is 174 Å². The fourth-order valence-electron chi connectivity index (χ4n) is 9.36. The van der Waals surface area contributed by atoms with Crippen LogP contribution in [0, 0.1) is 0 Å². The van der Waals surface area contributed by atoms with Crippen LogP contribution in [0.4, 0.5) is 0 Å². The number of hydrogen-bond acceptors (Lipinski definition) is 2. The Morgan fingerprint density at radius 3 is 1.89 bits per heavy atom. The van der Waals surface area contributed by atoms with Gasteiger partial charge in [-0.15, -0.1) is 11.3 Å². The van der Waals surface area contributed by atoms with E-state index in [1.54, 1.807) is 0 Å². The highest BCUT2D eigenvalue weighted by atomic mass is 32.1. The minimum atomic E-state index is 0.936. The Balaban J connectivity index is 1.09. The zero-order valence-corrected chi connectivity index (χ0v) is 30.2. The second-order valence-electron chi connectivity index (χ2n) is 14.6. The molecule has 2 heteroatoms. The summed E-state index contributed by atoms with van der Waals surface area (Å²) in [7, 11) is 0. The number of rotatable bonds is 3. The molecule has 0 spiro atoms. The van der Waals surface area contributed by atoms with Crippen molar-refractivity contribution in [2.24, 2.45) is 0 Å². The molecule has 0 N–H and O–H groups in total. The molecule has 0 atom stereocenters. The van der Waals surface area contributed by atoms with Crippen LogP contribution in [-0.2, 0) is 6.42 Å². The van der Waals surface area contributed by atoms with Gasteiger partial charge in [-0.2, -0.15) is 0 Å². The highest BCUT2D eigenvalue weighted by molar-refractivity contribution is 7.21. The van der Waals surface area contributed by atoms with E-state index < -0.39 is 0 Å². The van der Waals surface area contributed by atoms with Crippen molar-refractivity contribution in [2.75, 3.05) is 0 Å². The number of allylic oxidation sites excluding steroid dienone is 1. The summed E-state index contributed by atoms with van der Waals surface area (Å²) in [6.07, 6.45) is 6.82. The first-order chi connectivity index (χ1) is 26.8. The molecule has 12 rings (SSSR count). The quantitative estimate of drug-likeness (QED) is 0.167. The highest BCUT2D eigenvalue weighted by Gasteiger charge is 2.23. The molecule has 1 aliphatic rings. The summed E-state index contributed by atoms with van der Waals surface area (Å²) in [5.41, 5.74) is 10.8. The van der Waals surface area contributed by atoms with Crippen LogP contribution in [0.25, 0.3) is 115 Å². The molecule has 1 nitrogen and oxygen atoms in total. The first kappa shape index (κ1) is 30.0. The first-order valence-electron chi connectivity index (χ1n) is 18.8. The lowest BCUT2D eigenvalue weighted by Crippen LogP contribution is -1.92. The molecule has 9 aromatic carbocycles. The van der Waals surface area contributed by atoms with Crippen molar-refractivity contribution in [2.45, 2.75) is 12.8 Å². The molecule has 252 valence electrons. The topological polar surface area (TPSA) is 13.1 Å². The van der Waals surface area contributed by atoms with Crippen molar-refractivity contribution in [1.29, 1.82) is 0 Å². The number of hydrogen-bond donors (Lipinski definition) is 0. The van der Waals surface area contributed by atoms with Gasteiger partial charge in [0.2, 0.25) is 0 Å². The van der Waals surface area contributed by atoms with Crippen molar-refractivity contribution in [3.8, 4) is 33.4 Å². The van der Waals surface area contributed by atoms with Gasteiger partial charge in [0.1, 0.15) is 11.2 Å². The van der Waals surface area contributed by atoms with Crippen LogP contribution in [0.3, 0.4) is 0 Å². The van der Waals surface area contributed by atoms with Crippen molar-refractivity contribution < 1.29 is 4.42 Å². The standard InChI is InChI=1S/C52H32OS/c1-2-17-35-31(13-1)14-12-25-36(35)48-39-20-5-3-18-37(39)47(38-19-4-6-21-40(38)48)34-16-11-15-32(29-34)33-27-28-45-44(30-33)50-51(53-45)42-23-8-7-22-41(42)49-43-24-9-10-26-46(43)54-52(49)50/h1-8,10-23,25-30H,9,24H2. The molecule has 2 heterocycles. The Morgan fingerprint density at radius 1 is 0.463 bits per heavy atom. The number of aryl methyl sites for hydroxylation is 1. The van der Waals surface area contributed by atoms with E-state index in [1.165, 1.54) is 108 Å². The predicted octanol–water partition coefficient (Wildman–Crippen LogP) is 15.4. The molecule has 0 fully saturated rings. The third-order valence-electron chi connectivity index (χ3n) is 11.7. The van der Waals surface area contributed by atoms with Gasteiger partial charge in [0.05, 0.1) is 0 Å². The smallest absolute Gasteiger partial charge is 0.144 e. The van der Waals surface area contributed by atoms with Gasteiger partial charge >= 0.3 is 0 Å². The molecule has 0 radical (unpaired) electrons. The van der Waals surface area contributed by atoms with E-state index in [4.69, 9.17) is 4.42 Å². The average Bonchev–Trinajstić information content (AvgIpc) is 3.82. The zero-order chi connectivity index (χ0) is 35.3.